The van der Waals surface area contributed by atoms with Crippen LogP contribution in [0.15, 0.2) is 12.7 Å². The number of rotatable bonds is 3. The minimum absolute atomic E-state index is 0.00463. The van der Waals surface area contributed by atoms with Crippen molar-refractivity contribution in [2.45, 2.75) is 26.7 Å². The summed E-state index contributed by atoms with van der Waals surface area (Å²) in [5, 5.41) is 30.8. The van der Waals surface area contributed by atoms with Gasteiger partial charge >= 0.3 is 0 Å². The molecule has 4 heteroatoms. The first kappa shape index (κ1) is 19.3. The molecule has 0 saturated carbocycles. The first-order chi connectivity index (χ1) is 7.62. The van der Waals surface area contributed by atoms with E-state index in [-0.39, 0.29) is 11.8 Å². The van der Waals surface area contributed by atoms with Gasteiger partial charge in [-0.05, 0) is 20.3 Å². The normalized spacial score (nSPS) is 10.3. The van der Waals surface area contributed by atoms with Crippen LogP contribution in [0.3, 0.4) is 0 Å². The molecule has 0 amide bonds. The van der Waals surface area contributed by atoms with Gasteiger partial charge in [-0.2, -0.15) is 15.8 Å². The minimum Gasteiger partial charge on any atom is -0.202 e. The highest BCUT2D eigenvalue weighted by molar-refractivity contribution is 4.91. The monoisotopic (exact) mass is 216 g/mol. The van der Waals surface area contributed by atoms with Crippen molar-refractivity contribution in [3.63, 3.8) is 0 Å². The van der Waals surface area contributed by atoms with E-state index < -0.39 is 0 Å². The van der Waals surface area contributed by atoms with Crippen LogP contribution in [0.1, 0.15) is 26.7 Å². The Bertz CT molecular complexity index is 298. The third-order valence-corrected chi connectivity index (χ3v) is 1.47. The molecular weight excluding hydrogens is 200 g/mol. The van der Waals surface area contributed by atoms with Crippen molar-refractivity contribution in [2.75, 3.05) is 0 Å². The van der Waals surface area contributed by atoms with Gasteiger partial charge in [-0.15, -0.1) is 6.58 Å². The molecular formula is C12H16N4. The van der Waals surface area contributed by atoms with Gasteiger partial charge in [-0.25, -0.2) is 5.26 Å². The summed E-state index contributed by atoms with van der Waals surface area (Å²) in [5.74, 6) is 0.0413. The van der Waals surface area contributed by atoms with E-state index in [2.05, 4.69) is 13.2 Å². The van der Waals surface area contributed by atoms with E-state index in [0.29, 0.717) is 12.8 Å². The summed E-state index contributed by atoms with van der Waals surface area (Å²) in [4.78, 5) is 0. The predicted molar refractivity (Wildman–Crippen MR) is 61.3 cm³/mol. The fraction of sp³-hybridized carbons (Fsp3) is 0.500. The van der Waals surface area contributed by atoms with E-state index in [1.165, 1.54) is 0 Å². The molecule has 0 aliphatic carbocycles. The van der Waals surface area contributed by atoms with Crippen molar-refractivity contribution >= 4 is 0 Å². The first-order valence-corrected chi connectivity index (χ1v) is 4.66. The van der Waals surface area contributed by atoms with Crippen LogP contribution in [-0.2, 0) is 0 Å². The summed E-state index contributed by atoms with van der Waals surface area (Å²) < 4.78 is 0. The Morgan fingerprint density at radius 1 is 1.19 bits per heavy atom. The van der Waals surface area contributed by atoms with Gasteiger partial charge in [0.25, 0.3) is 0 Å². The average molecular weight is 216 g/mol. The molecule has 0 aromatic rings. The van der Waals surface area contributed by atoms with Crippen LogP contribution in [0.2, 0.25) is 0 Å². The lowest BCUT2D eigenvalue weighted by molar-refractivity contribution is 0.675. The summed E-state index contributed by atoms with van der Waals surface area (Å²) in [6.07, 6.45) is 2.81. The fourth-order valence-corrected chi connectivity index (χ4v) is 0.398. The lowest BCUT2D eigenvalue weighted by Crippen LogP contribution is -1.86. The third kappa shape index (κ3) is 22.6. The van der Waals surface area contributed by atoms with Crippen molar-refractivity contribution in [1.29, 1.82) is 21.0 Å². The topological polar surface area (TPSA) is 95.2 Å². The molecule has 0 radical (unpaired) electrons. The second-order valence-electron chi connectivity index (χ2n) is 2.88. The minimum atomic E-state index is 0.00463. The van der Waals surface area contributed by atoms with Crippen molar-refractivity contribution in [3.8, 4) is 24.8 Å². The van der Waals surface area contributed by atoms with Crippen molar-refractivity contribution < 1.29 is 0 Å². The van der Waals surface area contributed by atoms with Gasteiger partial charge < -0.3 is 0 Å². The van der Waals surface area contributed by atoms with Gasteiger partial charge in [-0.1, -0.05) is 6.08 Å². The van der Waals surface area contributed by atoms with E-state index >= 15 is 0 Å². The van der Waals surface area contributed by atoms with Gasteiger partial charge in [0.05, 0.1) is 24.1 Å². The zero-order valence-corrected chi connectivity index (χ0v) is 9.72. The lowest BCUT2D eigenvalue weighted by Gasteiger charge is -1.91. The Kier molecular flexibility index (Phi) is 22.3. The highest BCUT2D eigenvalue weighted by Gasteiger charge is 1.95. The third-order valence-electron chi connectivity index (χ3n) is 1.47. The van der Waals surface area contributed by atoms with Crippen molar-refractivity contribution in [3.05, 3.63) is 12.7 Å². The molecule has 0 aromatic heterocycles. The lowest BCUT2D eigenvalue weighted by atomic mass is 10.1. The molecule has 0 aromatic carbocycles. The number of nitrogens with zero attached hydrogens (tertiary/aromatic N) is 4. The summed E-state index contributed by atoms with van der Waals surface area (Å²) in [5.41, 5.74) is 0. The Morgan fingerprint density at radius 3 is 1.88 bits per heavy atom. The predicted octanol–water partition coefficient (Wildman–Crippen LogP) is 2.92. The van der Waals surface area contributed by atoms with Gasteiger partial charge in [0.2, 0.25) is 0 Å². The molecule has 84 valence electrons. The zero-order valence-electron chi connectivity index (χ0n) is 9.72. The molecule has 16 heavy (non-hydrogen) atoms. The summed E-state index contributed by atoms with van der Waals surface area (Å²) in [6.45, 7) is 10.5. The van der Waals surface area contributed by atoms with Crippen LogP contribution in [0, 0.1) is 57.7 Å². The van der Waals surface area contributed by atoms with Crippen molar-refractivity contribution in [1.82, 2.24) is 0 Å². The maximum absolute atomic E-state index is 8.20. The van der Waals surface area contributed by atoms with E-state index in [1.54, 1.807) is 13.0 Å². The smallest absolute Gasteiger partial charge is 0.0694 e. The van der Waals surface area contributed by atoms with Gasteiger partial charge in [-0.3, -0.25) is 0 Å². The van der Waals surface area contributed by atoms with E-state index in [4.69, 9.17) is 21.0 Å². The number of allylic oxidation sites excluding steroid dienone is 1. The number of hydrogen-bond donors (Lipinski definition) is 0. The highest BCUT2D eigenvalue weighted by atomic mass is 14.3. The zero-order chi connectivity index (χ0) is 13.4. The molecule has 0 aliphatic heterocycles. The van der Waals surface area contributed by atoms with E-state index in [1.807, 2.05) is 25.1 Å². The van der Waals surface area contributed by atoms with Gasteiger partial charge in [0.15, 0.2) is 0 Å². The molecule has 0 bridgehead atoms. The van der Waals surface area contributed by atoms with E-state index in [0.717, 1.165) is 0 Å². The maximum atomic E-state index is 8.20. The molecule has 0 aliphatic rings. The van der Waals surface area contributed by atoms with Gasteiger partial charge in [0, 0.05) is 18.9 Å². The molecule has 0 saturated heterocycles. The van der Waals surface area contributed by atoms with Crippen LogP contribution in [0.5, 0.6) is 0 Å². The Labute approximate surface area is 97.6 Å². The molecule has 0 fully saturated rings. The SMILES string of the molecule is C#N.C=CC(C)C#N.CC(C#N)CCC#N. The van der Waals surface area contributed by atoms with Crippen LogP contribution < -0.4 is 0 Å². The summed E-state index contributed by atoms with van der Waals surface area (Å²) in [6, 6.07) is 6.03. The van der Waals surface area contributed by atoms with Gasteiger partial charge in [0.1, 0.15) is 0 Å². The largest absolute Gasteiger partial charge is 0.202 e. The van der Waals surface area contributed by atoms with Crippen molar-refractivity contribution in [2.24, 2.45) is 11.8 Å². The van der Waals surface area contributed by atoms with E-state index in [9.17, 15) is 0 Å². The quantitative estimate of drug-likeness (QED) is 0.677. The highest BCUT2D eigenvalue weighted by Crippen LogP contribution is 2.00. The Hall–Kier alpha value is -2.30. The molecule has 2 unspecified atom stereocenters. The standard InChI is InChI=1S/C6H8N2.C5H7N.CHN/c1-6(5-8)3-2-4-7;1-3-5(2)4-6;1-2/h6H,2-3H2,1H3;3,5H,1H2,2H3;1H. The molecule has 0 spiro atoms. The molecule has 4 nitrogen and oxygen atoms in total. The average Bonchev–Trinajstić information content (AvgIpc) is 2.37. The van der Waals surface area contributed by atoms with Crippen LogP contribution in [-0.4, -0.2) is 0 Å². The molecule has 2 atom stereocenters. The molecule has 0 N–H and O–H groups in total. The Balaban J connectivity index is -0.000000188. The summed E-state index contributed by atoms with van der Waals surface area (Å²) >= 11 is 0. The first-order valence-electron chi connectivity index (χ1n) is 4.66. The van der Waals surface area contributed by atoms with Crippen LogP contribution >= 0.6 is 0 Å². The maximum Gasteiger partial charge on any atom is 0.0694 e. The summed E-state index contributed by atoms with van der Waals surface area (Å²) in [7, 11) is 0. The fourth-order valence-electron chi connectivity index (χ4n) is 0.398. The molecule has 0 heterocycles. The molecule has 0 rings (SSSR count). The van der Waals surface area contributed by atoms with Crippen LogP contribution in [0.25, 0.3) is 0 Å². The number of nitriles is 4. The second-order valence-corrected chi connectivity index (χ2v) is 2.88. The number of hydrogen-bond acceptors (Lipinski definition) is 4. The van der Waals surface area contributed by atoms with Crippen LogP contribution in [0.4, 0.5) is 0 Å². The second kappa shape index (κ2) is 18.5. The Morgan fingerprint density at radius 2 is 1.69 bits per heavy atom.